The molecule has 0 spiro atoms. The average Bonchev–Trinajstić information content (AvgIpc) is 3.10. The van der Waals surface area contributed by atoms with Gasteiger partial charge in [-0.1, -0.05) is 12.1 Å². The number of fused-ring (bicyclic) bond motifs is 1. The number of para-hydroxylation sites is 1. The van der Waals surface area contributed by atoms with E-state index >= 15 is 0 Å². The molecule has 0 aliphatic rings. The van der Waals surface area contributed by atoms with Crippen LogP contribution >= 0.6 is 11.3 Å². The Balaban J connectivity index is 1.95. The van der Waals surface area contributed by atoms with Gasteiger partial charge in [0.25, 0.3) is 0 Å². The molecule has 2 aromatic heterocycles. The Labute approximate surface area is 138 Å². The molecule has 0 fully saturated rings. The molecule has 120 valence electrons. The van der Waals surface area contributed by atoms with Crippen molar-refractivity contribution in [3.63, 3.8) is 0 Å². The van der Waals surface area contributed by atoms with E-state index in [1.165, 1.54) is 11.3 Å². The van der Waals surface area contributed by atoms with Gasteiger partial charge < -0.3 is 9.47 Å². The van der Waals surface area contributed by atoms with Gasteiger partial charge in [-0.15, -0.1) is 11.3 Å². The van der Waals surface area contributed by atoms with E-state index in [0.717, 1.165) is 27.7 Å². The van der Waals surface area contributed by atoms with E-state index in [4.69, 9.17) is 9.47 Å². The van der Waals surface area contributed by atoms with Crippen LogP contribution in [0.3, 0.4) is 0 Å². The first-order chi connectivity index (χ1) is 11.2. The maximum absolute atomic E-state index is 11.7. The Morgan fingerprint density at radius 1 is 1.26 bits per heavy atom. The molecule has 3 aromatic rings. The quantitative estimate of drug-likeness (QED) is 0.648. The molecule has 0 amide bonds. The van der Waals surface area contributed by atoms with Crippen LogP contribution < -0.4 is 4.74 Å². The summed E-state index contributed by atoms with van der Waals surface area (Å²) in [5.41, 5.74) is 2.68. The highest BCUT2D eigenvalue weighted by Gasteiger charge is 2.15. The summed E-state index contributed by atoms with van der Waals surface area (Å²) in [6, 6.07) is 7.83. The van der Waals surface area contributed by atoms with Crippen molar-refractivity contribution in [3.05, 3.63) is 41.5 Å². The second-order valence-corrected chi connectivity index (χ2v) is 5.75. The van der Waals surface area contributed by atoms with E-state index < -0.39 is 0 Å². The molecule has 5 nitrogen and oxygen atoms in total. The van der Waals surface area contributed by atoms with Gasteiger partial charge in [0.05, 0.1) is 25.3 Å². The van der Waals surface area contributed by atoms with E-state index in [9.17, 15) is 4.79 Å². The summed E-state index contributed by atoms with van der Waals surface area (Å²) >= 11 is 1.51. The third kappa shape index (κ3) is 3.22. The number of carbonyl (C=O) groups is 1. The number of esters is 1. The van der Waals surface area contributed by atoms with Crippen molar-refractivity contribution >= 4 is 22.3 Å². The number of thiazole rings is 1. The smallest absolute Gasteiger partial charge is 0.311 e. The summed E-state index contributed by atoms with van der Waals surface area (Å²) in [5.74, 6) is 0.588. The fraction of sp³-hybridized carbons (Fsp3) is 0.294. The highest BCUT2D eigenvalue weighted by atomic mass is 32.1. The van der Waals surface area contributed by atoms with Crippen molar-refractivity contribution < 1.29 is 14.3 Å². The molecule has 6 heteroatoms. The summed E-state index contributed by atoms with van der Waals surface area (Å²) in [7, 11) is 0. The van der Waals surface area contributed by atoms with Crippen molar-refractivity contribution in [2.24, 2.45) is 0 Å². The van der Waals surface area contributed by atoms with Gasteiger partial charge in [0.15, 0.2) is 4.96 Å². The minimum atomic E-state index is -0.225. The molecule has 0 bridgehead atoms. The molecular formula is C17H18N2O3S. The summed E-state index contributed by atoms with van der Waals surface area (Å²) in [5, 5.41) is 1.94. The number of carbonyl (C=O) groups excluding carboxylic acids is 1. The predicted molar refractivity (Wildman–Crippen MR) is 90.0 cm³/mol. The highest BCUT2D eigenvalue weighted by Crippen LogP contribution is 2.31. The fourth-order valence-electron chi connectivity index (χ4n) is 2.41. The second-order valence-electron chi connectivity index (χ2n) is 4.92. The molecule has 0 atom stereocenters. The van der Waals surface area contributed by atoms with E-state index in [2.05, 4.69) is 4.98 Å². The number of hydrogen-bond donors (Lipinski definition) is 0. The molecule has 0 aliphatic heterocycles. The maximum Gasteiger partial charge on any atom is 0.311 e. The van der Waals surface area contributed by atoms with Gasteiger partial charge >= 0.3 is 5.97 Å². The van der Waals surface area contributed by atoms with Crippen molar-refractivity contribution in [1.29, 1.82) is 0 Å². The molecule has 23 heavy (non-hydrogen) atoms. The lowest BCUT2D eigenvalue weighted by Gasteiger charge is -2.07. The zero-order chi connectivity index (χ0) is 16.2. The van der Waals surface area contributed by atoms with Gasteiger partial charge in [0, 0.05) is 22.8 Å². The van der Waals surface area contributed by atoms with Crippen molar-refractivity contribution in [2.75, 3.05) is 13.2 Å². The summed E-state index contributed by atoms with van der Waals surface area (Å²) in [4.78, 5) is 17.2. The van der Waals surface area contributed by atoms with Crippen LogP contribution in [-0.2, 0) is 16.0 Å². The standard InChI is InChI=1S/C17H18N2O3S/c1-3-21-15-8-6-5-7-13(15)14-10-19-12(9-16(20)22-4-2)11-23-17(19)18-14/h5-8,10-11H,3-4,9H2,1-2H3. The Bertz CT molecular complexity index is 822. The number of imidazole rings is 1. The Morgan fingerprint density at radius 3 is 2.87 bits per heavy atom. The molecule has 0 aliphatic carbocycles. The van der Waals surface area contributed by atoms with Crippen LogP contribution in [0, 0.1) is 0 Å². The number of rotatable bonds is 6. The molecule has 0 radical (unpaired) electrons. The number of nitrogens with zero attached hydrogens (tertiary/aromatic N) is 2. The third-order valence-corrected chi connectivity index (χ3v) is 4.27. The third-order valence-electron chi connectivity index (χ3n) is 3.38. The van der Waals surface area contributed by atoms with Gasteiger partial charge in [0.2, 0.25) is 0 Å². The summed E-state index contributed by atoms with van der Waals surface area (Å²) in [6.45, 7) is 4.76. The maximum atomic E-state index is 11.7. The van der Waals surface area contributed by atoms with Crippen LogP contribution in [0.15, 0.2) is 35.8 Å². The minimum absolute atomic E-state index is 0.225. The predicted octanol–water partition coefficient (Wildman–Crippen LogP) is 3.57. The number of hydrogen-bond acceptors (Lipinski definition) is 5. The molecule has 2 heterocycles. The lowest BCUT2D eigenvalue weighted by Crippen LogP contribution is -2.08. The topological polar surface area (TPSA) is 52.8 Å². The SMILES string of the molecule is CCOC(=O)Cc1csc2nc(-c3ccccc3OCC)cn12. The Kier molecular flexibility index (Phi) is 4.62. The van der Waals surface area contributed by atoms with E-state index in [1.807, 2.05) is 47.2 Å². The lowest BCUT2D eigenvalue weighted by atomic mass is 10.1. The molecule has 0 saturated carbocycles. The van der Waals surface area contributed by atoms with Crippen LogP contribution in [0.2, 0.25) is 0 Å². The zero-order valence-electron chi connectivity index (χ0n) is 13.1. The average molecular weight is 330 g/mol. The molecule has 3 rings (SSSR count). The monoisotopic (exact) mass is 330 g/mol. The Hall–Kier alpha value is -2.34. The van der Waals surface area contributed by atoms with Crippen LogP contribution in [0.4, 0.5) is 0 Å². The highest BCUT2D eigenvalue weighted by molar-refractivity contribution is 7.15. The van der Waals surface area contributed by atoms with E-state index in [-0.39, 0.29) is 12.4 Å². The first-order valence-corrected chi connectivity index (χ1v) is 8.44. The van der Waals surface area contributed by atoms with Crippen LogP contribution in [0.25, 0.3) is 16.2 Å². The van der Waals surface area contributed by atoms with Gasteiger partial charge in [-0.05, 0) is 26.0 Å². The van der Waals surface area contributed by atoms with Crippen LogP contribution in [0.1, 0.15) is 19.5 Å². The number of aromatic nitrogens is 2. The molecule has 0 N–H and O–H groups in total. The normalized spacial score (nSPS) is 10.9. The van der Waals surface area contributed by atoms with Crippen LogP contribution in [0.5, 0.6) is 5.75 Å². The molecule has 0 unspecified atom stereocenters. The lowest BCUT2D eigenvalue weighted by molar-refractivity contribution is -0.142. The zero-order valence-corrected chi connectivity index (χ0v) is 13.9. The van der Waals surface area contributed by atoms with Crippen molar-refractivity contribution in [2.45, 2.75) is 20.3 Å². The summed E-state index contributed by atoms with van der Waals surface area (Å²) in [6.07, 6.45) is 2.19. The van der Waals surface area contributed by atoms with Crippen molar-refractivity contribution in [1.82, 2.24) is 9.38 Å². The van der Waals surface area contributed by atoms with Gasteiger partial charge in [-0.3, -0.25) is 9.20 Å². The van der Waals surface area contributed by atoms with Gasteiger partial charge in [-0.2, -0.15) is 0 Å². The van der Waals surface area contributed by atoms with E-state index in [1.54, 1.807) is 6.92 Å². The minimum Gasteiger partial charge on any atom is -0.493 e. The Morgan fingerprint density at radius 2 is 2.09 bits per heavy atom. The van der Waals surface area contributed by atoms with Crippen LogP contribution in [-0.4, -0.2) is 28.6 Å². The fourth-order valence-corrected chi connectivity index (χ4v) is 3.28. The number of benzene rings is 1. The second kappa shape index (κ2) is 6.83. The molecule has 0 saturated heterocycles. The molecular weight excluding hydrogens is 312 g/mol. The first kappa shape index (κ1) is 15.6. The first-order valence-electron chi connectivity index (χ1n) is 7.56. The van der Waals surface area contributed by atoms with Crippen molar-refractivity contribution in [3.8, 4) is 17.0 Å². The van der Waals surface area contributed by atoms with Gasteiger partial charge in [-0.25, -0.2) is 4.98 Å². The molecule has 1 aromatic carbocycles. The van der Waals surface area contributed by atoms with E-state index in [0.29, 0.717) is 13.2 Å². The summed E-state index contributed by atoms with van der Waals surface area (Å²) < 4.78 is 12.6. The number of ether oxygens (including phenoxy) is 2. The largest absolute Gasteiger partial charge is 0.493 e. The van der Waals surface area contributed by atoms with Gasteiger partial charge in [0.1, 0.15) is 5.75 Å².